The highest BCUT2D eigenvalue weighted by Crippen LogP contribution is 2.10. The van der Waals surface area contributed by atoms with Crippen LogP contribution in [0.2, 0.25) is 0 Å². The molecule has 0 aliphatic carbocycles. The second-order valence-corrected chi connectivity index (χ2v) is 3.01. The number of nitrogens with zero attached hydrogens (tertiary/aromatic N) is 3. The molecule has 0 saturated carbocycles. The number of anilines is 2. The lowest BCUT2D eigenvalue weighted by Gasteiger charge is -2.28. The summed E-state index contributed by atoms with van der Waals surface area (Å²) in [5, 5.41) is 3.28. The number of nitrogens with two attached hydrogens (primary N) is 1. The second-order valence-electron chi connectivity index (χ2n) is 3.01. The van der Waals surface area contributed by atoms with E-state index in [0.29, 0.717) is 5.95 Å². The van der Waals surface area contributed by atoms with Crippen molar-refractivity contribution in [3.8, 4) is 0 Å². The molecule has 3 N–H and O–H groups in total. The third kappa shape index (κ3) is 1.86. The Morgan fingerprint density at radius 2 is 2.15 bits per heavy atom. The van der Waals surface area contributed by atoms with E-state index in [2.05, 4.69) is 20.2 Å². The van der Waals surface area contributed by atoms with Crippen LogP contribution in [-0.2, 0) is 0 Å². The highest BCUT2D eigenvalue weighted by Gasteiger charge is 2.11. The van der Waals surface area contributed by atoms with Gasteiger partial charge in [0.1, 0.15) is 5.82 Å². The van der Waals surface area contributed by atoms with Gasteiger partial charge in [0.2, 0.25) is 5.95 Å². The molecule has 2 heterocycles. The van der Waals surface area contributed by atoms with Crippen LogP contribution in [0, 0.1) is 0 Å². The third-order valence-corrected chi connectivity index (χ3v) is 2.10. The summed E-state index contributed by atoms with van der Waals surface area (Å²) in [6.07, 6.45) is 1.69. The molecule has 0 unspecified atom stereocenters. The van der Waals surface area contributed by atoms with Gasteiger partial charge in [0.05, 0.1) is 0 Å². The Morgan fingerprint density at radius 3 is 2.85 bits per heavy atom. The van der Waals surface area contributed by atoms with Crippen molar-refractivity contribution >= 4 is 11.8 Å². The molecule has 5 heteroatoms. The van der Waals surface area contributed by atoms with Gasteiger partial charge in [-0.2, -0.15) is 4.98 Å². The number of hydrogen-bond acceptors (Lipinski definition) is 5. The average Bonchev–Trinajstić information content (AvgIpc) is 2.19. The maximum absolute atomic E-state index is 5.50. The van der Waals surface area contributed by atoms with Crippen molar-refractivity contribution in [1.82, 2.24) is 15.3 Å². The van der Waals surface area contributed by atoms with Gasteiger partial charge in [0.15, 0.2) is 0 Å². The highest BCUT2D eigenvalue weighted by atomic mass is 15.2. The first kappa shape index (κ1) is 8.25. The van der Waals surface area contributed by atoms with Crippen molar-refractivity contribution in [2.75, 3.05) is 36.8 Å². The van der Waals surface area contributed by atoms with Crippen LogP contribution in [0.1, 0.15) is 0 Å². The quantitative estimate of drug-likeness (QED) is 0.606. The molecule has 13 heavy (non-hydrogen) atoms. The Hall–Kier alpha value is -1.36. The van der Waals surface area contributed by atoms with Crippen molar-refractivity contribution < 1.29 is 0 Å². The summed E-state index contributed by atoms with van der Waals surface area (Å²) < 4.78 is 0. The minimum atomic E-state index is 0.344. The Kier molecular flexibility index (Phi) is 2.27. The van der Waals surface area contributed by atoms with Gasteiger partial charge >= 0.3 is 0 Å². The summed E-state index contributed by atoms with van der Waals surface area (Å²) in [4.78, 5) is 10.2. The molecule has 5 nitrogen and oxygen atoms in total. The molecule has 1 aliphatic rings. The first-order valence-corrected chi connectivity index (χ1v) is 4.40. The van der Waals surface area contributed by atoms with E-state index in [4.69, 9.17) is 5.73 Å². The van der Waals surface area contributed by atoms with Gasteiger partial charge in [-0.3, -0.25) is 0 Å². The maximum atomic E-state index is 5.50. The lowest BCUT2D eigenvalue weighted by atomic mass is 10.3. The van der Waals surface area contributed by atoms with Crippen LogP contribution in [0.4, 0.5) is 11.8 Å². The minimum absolute atomic E-state index is 0.344. The van der Waals surface area contributed by atoms with Crippen LogP contribution in [0.5, 0.6) is 0 Å². The predicted octanol–water partition coefficient (Wildman–Crippen LogP) is -0.532. The summed E-state index contributed by atoms with van der Waals surface area (Å²) in [6, 6.07) is 1.89. The van der Waals surface area contributed by atoms with E-state index in [9.17, 15) is 0 Å². The minimum Gasteiger partial charge on any atom is -0.368 e. The fraction of sp³-hybridized carbons (Fsp3) is 0.500. The Balaban J connectivity index is 2.14. The molecule has 1 aromatic heterocycles. The van der Waals surface area contributed by atoms with Crippen LogP contribution in [0.3, 0.4) is 0 Å². The van der Waals surface area contributed by atoms with E-state index in [-0.39, 0.29) is 0 Å². The smallest absolute Gasteiger partial charge is 0.221 e. The van der Waals surface area contributed by atoms with Crippen molar-refractivity contribution in [2.45, 2.75) is 0 Å². The summed E-state index contributed by atoms with van der Waals surface area (Å²) in [6.45, 7) is 3.97. The van der Waals surface area contributed by atoms with Gasteiger partial charge in [-0.15, -0.1) is 0 Å². The number of hydrogen-bond donors (Lipinski definition) is 2. The Bertz CT molecular complexity index is 282. The van der Waals surface area contributed by atoms with E-state index < -0.39 is 0 Å². The number of nitrogen functional groups attached to an aromatic ring is 1. The molecule has 0 bridgehead atoms. The maximum Gasteiger partial charge on any atom is 0.221 e. The second kappa shape index (κ2) is 3.57. The fourth-order valence-corrected chi connectivity index (χ4v) is 1.43. The molecule has 0 amide bonds. The Labute approximate surface area is 77.0 Å². The molecular weight excluding hydrogens is 166 g/mol. The Morgan fingerprint density at radius 1 is 1.38 bits per heavy atom. The molecule has 1 saturated heterocycles. The first-order valence-electron chi connectivity index (χ1n) is 4.40. The molecule has 0 spiro atoms. The molecule has 0 atom stereocenters. The van der Waals surface area contributed by atoms with Crippen molar-refractivity contribution in [3.63, 3.8) is 0 Å². The van der Waals surface area contributed by atoms with Crippen molar-refractivity contribution in [2.24, 2.45) is 0 Å². The fourth-order valence-electron chi connectivity index (χ4n) is 1.43. The molecule has 70 valence electrons. The summed E-state index contributed by atoms with van der Waals surface area (Å²) in [7, 11) is 0. The predicted molar refractivity (Wildman–Crippen MR) is 51.5 cm³/mol. The molecule has 0 radical (unpaired) electrons. The summed E-state index contributed by atoms with van der Waals surface area (Å²) >= 11 is 0. The van der Waals surface area contributed by atoms with Gasteiger partial charge in [0.25, 0.3) is 0 Å². The summed E-state index contributed by atoms with van der Waals surface area (Å²) in [5.41, 5.74) is 5.50. The van der Waals surface area contributed by atoms with Gasteiger partial charge in [-0.1, -0.05) is 0 Å². The monoisotopic (exact) mass is 179 g/mol. The number of piperazine rings is 1. The van der Waals surface area contributed by atoms with Gasteiger partial charge in [-0.25, -0.2) is 4.98 Å². The normalized spacial score (nSPS) is 17.4. The van der Waals surface area contributed by atoms with Gasteiger partial charge < -0.3 is 16.0 Å². The van der Waals surface area contributed by atoms with Crippen LogP contribution in [0.15, 0.2) is 12.3 Å². The molecule has 2 rings (SSSR count). The van der Waals surface area contributed by atoms with Crippen LogP contribution >= 0.6 is 0 Å². The lowest BCUT2D eigenvalue weighted by molar-refractivity contribution is 0.585. The van der Waals surface area contributed by atoms with Gasteiger partial charge in [-0.05, 0) is 6.07 Å². The standard InChI is InChI=1S/C8H13N5/c9-8-11-2-1-7(12-8)13-5-3-10-4-6-13/h1-2,10H,3-6H2,(H2,9,11,12). The zero-order valence-corrected chi connectivity index (χ0v) is 7.40. The first-order chi connectivity index (χ1) is 6.36. The lowest BCUT2D eigenvalue weighted by Crippen LogP contribution is -2.43. The molecular formula is C8H13N5. The van der Waals surface area contributed by atoms with Crippen LogP contribution < -0.4 is 16.0 Å². The summed E-state index contributed by atoms with van der Waals surface area (Å²) in [5.74, 6) is 1.27. The molecule has 1 aromatic rings. The van der Waals surface area contributed by atoms with E-state index in [1.807, 2.05) is 6.07 Å². The zero-order valence-electron chi connectivity index (χ0n) is 7.40. The van der Waals surface area contributed by atoms with Gasteiger partial charge in [0, 0.05) is 32.4 Å². The number of rotatable bonds is 1. The number of aromatic nitrogens is 2. The highest BCUT2D eigenvalue weighted by molar-refractivity contribution is 5.41. The average molecular weight is 179 g/mol. The van der Waals surface area contributed by atoms with Crippen molar-refractivity contribution in [3.05, 3.63) is 12.3 Å². The van der Waals surface area contributed by atoms with E-state index >= 15 is 0 Å². The largest absolute Gasteiger partial charge is 0.368 e. The van der Waals surface area contributed by atoms with Crippen LogP contribution in [-0.4, -0.2) is 36.1 Å². The molecule has 1 fully saturated rings. The number of nitrogens with one attached hydrogen (secondary N) is 1. The topological polar surface area (TPSA) is 67.1 Å². The van der Waals surface area contributed by atoms with Crippen molar-refractivity contribution in [1.29, 1.82) is 0 Å². The van der Waals surface area contributed by atoms with E-state index in [1.165, 1.54) is 0 Å². The molecule has 0 aromatic carbocycles. The SMILES string of the molecule is Nc1nccc(N2CCNCC2)n1. The molecule has 1 aliphatic heterocycles. The zero-order chi connectivity index (χ0) is 9.10. The third-order valence-electron chi connectivity index (χ3n) is 2.10. The van der Waals surface area contributed by atoms with E-state index in [0.717, 1.165) is 32.0 Å². The van der Waals surface area contributed by atoms with E-state index in [1.54, 1.807) is 6.20 Å². The van der Waals surface area contributed by atoms with Crippen LogP contribution in [0.25, 0.3) is 0 Å².